The molecule has 1 aromatic carbocycles. The van der Waals surface area contributed by atoms with Crippen molar-refractivity contribution in [3.05, 3.63) is 35.4 Å². The van der Waals surface area contributed by atoms with Gasteiger partial charge in [-0.05, 0) is 57.6 Å². The van der Waals surface area contributed by atoms with Crippen molar-refractivity contribution in [3.63, 3.8) is 0 Å². The Morgan fingerprint density at radius 2 is 1.71 bits per heavy atom. The number of hydrogen-bond acceptors (Lipinski definition) is 3. The molecule has 1 aliphatic rings. The van der Waals surface area contributed by atoms with Gasteiger partial charge in [0.15, 0.2) is 0 Å². The van der Waals surface area contributed by atoms with Crippen LogP contribution >= 0.6 is 0 Å². The van der Waals surface area contributed by atoms with E-state index in [-0.39, 0.29) is 18.8 Å². The van der Waals surface area contributed by atoms with Crippen molar-refractivity contribution in [2.24, 2.45) is 11.8 Å². The number of benzene rings is 1. The maximum atomic E-state index is 12.8. The van der Waals surface area contributed by atoms with Gasteiger partial charge in [0.25, 0.3) is 0 Å². The number of ether oxygens (including phenoxy) is 1. The molecule has 0 aromatic heterocycles. The monoisotopic (exact) mass is 440 g/mol. The Labute approximate surface area is 186 Å². The van der Waals surface area contributed by atoms with Gasteiger partial charge in [-0.15, -0.1) is 0 Å². The van der Waals surface area contributed by atoms with E-state index in [1.54, 1.807) is 6.92 Å². The number of hydrogen-bond donors (Lipinski definition) is 0. The summed E-state index contributed by atoms with van der Waals surface area (Å²) in [6.07, 6.45) is -2.62. The standard InChI is InChI=1S/C21H27F3N2O.2C2H6/c1-4-26(3)20(15(2)13-25)17-6-5-7-19(12-17)27-14-16-8-10-18(11-9-16)21(22,23)24;2*1-2/h5-7,12,16,18H,4,8-11,14H2,1-3H3;2*1-2H3/b20-15+;;. The lowest BCUT2D eigenvalue weighted by molar-refractivity contribution is -0.184. The van der Waals surface area contributed by atoms with Crippen LogP contribution < -0.4 is 4.74 Å². The fraction of sp³-hybridized carbons (Fsp3) is 0.640. The highest BCUT2D eigenvalue weighted by Gasteiger charge is 2.41. The third kappa shape index (κ3) is 9.25. The summed E-state index contributed by atoms with van der Waals surface area (Å²) in [7, 11) is 1.93. The summed E-state index contributed by atoms with van der Waals surface area (Å²) in [5.74, 6) is -0.331. The minimum atomic E-state index is -4.08. The SMILES string of the molecule is CC.CC.CCN(C)/C(=C(\C)C#N)c1cccc(OCC2CCC(C(F)(F)F)CC2)c1. The van der Waals surface area contributed by atoms with Crippen molar-refractivity contribution in [1.29, 1.82) is 5.26 Å². The van der Waals surface area contributed by atoms with Crippen molar-refractivity contribution in [2.45, 2.75) is 73.4 Å². The van der Waals surface area contributed by atoms with Gasteiger partial charge in [0.05, 0.1) is 29.9 Å². The van der Waals surface area contributed by atoms with Crippen LogP contribution in [-0.4, -0.2) is 31.3 Å². The van der Waals surface area contributed by atoms with Crippen LogP contribution in [0.4, 0.5) is 13.2 Å². The Balaban J connectivity index is 0.00000212. The van der Waals surface area contributed by atoms with Gasteiger partial charge in [0.2, 0.25) is 0 Å². The average molecular weight is 441 g/mol. The quantitative estimate of drug-likeness (QED) is 0.425. The molecule has 0 amide bonds. The third-order valence-corrected chi connectivity index (χ3v) is 5.28. The number of alkyl halides is 3. The second-order valence-electron chi connectivity index (χ2n) is 7.20. The van der Waals surface area contributed by atoms with Crippen LogP contribution in [-0.2, 0) is 0 Å². The lowest BCUT2D eigenvalue weighted by Gasteiger charge is -2.29. The molecule has 2 rings (SSSR count). The normalized spacial score (nSPS) is 18.9. The van der Waals surface area contributed by atoms with Crippen LogP contribution in [0.2, 0.25) is 0 Å². The number of halogens is 3. The molecular formula is C25H39F3N2O. The molecule has 0 spiro atoms. The smallest absolute Gasteiger partial charge is 0.391 e. The lowest BCUT2D eigenvalue weighted by Crippen LogP contribution is -2.29. The predicted octanol–water partition coefficient (Wildman–Crippen LogP) is 7.69. The topological polar surface area (TPSA) is 36.3 Å². The molecule has 0 N–H and O–H groups in total. The van der Waals surface area contributed by atoms with E-state index in [1.165, 1.54) is 0 Å². The first-order valence-corrected chi connectivity index (χ1v) is 11.4. The largest absolute Gasteiger partial charge is 0.493 e. The van der Waals surface area contributed by atoms with E-state index in [0.29, 0.717) is 30.8 Å². The minimum absolute atomic E-state index is 0.154. The molecule has 1 fully saturated rings. The average Bonchev–Trinajstić information content (AvgIpc) is 2.80. The predicted molar refractivity (Wildman–Crippen MR) is 123 cm³/mol. The van der Waals surface area contributed by atoms with E-state index in [4.69, 9.17) is 4.74 Å². The van der Waals surface area contributed by atoms with Crippen LogP contribution in [0.15, 0.2) is 29.8 Å². The zero-order chi connectivity index (χ0) is 24.0. The van der Waals surface area contributed by atoms with Crippen molar-refractivity contribution in [2.75, 3.05) is 20.2 Å². The Hall–Kier alpha value is -2.16. The number of rotatable bonds is 6. The van der Waals surface area contributed by atoms with E-state index in [0.717, 1.165) is 17.8 Å². The molecular weight excluding hydrogens is 401 g/mol. The van der Waals surface area contributed by atoms with Gasteiger partial charge >= 0.3 is 6.18 Å². The molecule has 1 aromatic rings. The summed E-state index contributed by atoms with van der Waals surface area (Å²) in [5.41, 5.74) is 2.38. The molecule has 0 unspecified atom stereocenters. The second-order valence-corrected chi connectivity index (χ2v) is 7.20. The molecule has 3 nitrogen and oxygen atoms in total. The summed E-state index contributed by atoms with van der Waals surface area (Å²) in [5, 5.41) is 9.29. The van der Waals surface area contributed by atoms with Crippen molar-refractivity contribution < 1.29 is 17.9 Å². The van der Waals surface area contributed by atoms with Crippen LogP contribution in [0.3, 0.4) is 0 Å². The third-order valence-electron chi connectivity index (χ3n) is 5.28. The first kappa shape index (κ1) is 28.8. The fourth-order valence-electron chi connectivity index (χ4n) is 3.54. The molecule has 0 heterocycles. The van der Waals surface area contributed by atoms with Crippen LogP contribution in [0.25, 0.3) is 5.70 Å². The molecule has 0 radical (unpaired) electrons. The highest BCUT2D eigenvalue weighted by atomic mass is 19.4. The Morgan fingerprint density at radius 3 is 2.19 bits per heavy atom. The van der Waals surface area contributed by atoms with Gasteiger partial charge < -0.3 is 9.64 Å². The Bertz CT molecular complexity index is 699. The van der Waals surface area contributed by atoms with Crippen LogP contribution in [0.5, 0.6) is 5.75 Å². The molecule has 176 valence electrons. The van der Waals surface area contributed by atoms with Crippen LogP contribution in [0, 0.1) is 23.2 Å². The number of allylic oxidation sites excluding steroid dienone is 1. The van der Waals surface area contributed by atoms with Crippen molar-refractivity contribution in [3.8, 4) is 11.8 Å². The van der Waals surface area contributed by atoms with E-state index in [9.17, 15) is 18.4 Å². The van der Waals surface area contributed by atoms with E-state index in [2.05, 4.69) is 6.07 Å². The van der Waals surface area contributed by atoms with Gasteiger partial charge in [0, 0.05) is 19.2 Å². The molecule has 0 bridgehead atoms. The second kappa shape index (κ2) is 14.8. The maximum Gasteiger partial charge on any atom is 0.391 e. The number of nitrogens with zero attached hydrogens (tertiary/aromatic N) is 2. The minimum Gasteiger partial charge on any atom is -0.493 e. The van der Waals surface area contributed by atoms with E-state index in [1.807, 2.05) is 70.8 Å². The summed E-state index contributed by atoms with van der Waals surface area (Å²) >= 11 is 0. The highest BCUT2D eigenvalue weighted by molar-refractivity contribution is 5.70. The zero-order valence-corrected chi connectivity index (χ0v) is 20.1. The Morgan fingerprint density at radius 1 is 1.13 bits per heavy atom. The summed E-state index contributed by atoms with van der Waals surface area (Å²) < 4.78 is 44.2. The lowest BCUT2D eigenvalue weighted by atomic mass is 9.82. The summed E-state index contributed by atoms with van der Waals surface area (Å²) in [4.78, 5) is 2.01. The highest BCUT2D eigenvalue weighted by Crippen LogP contribution is 2.39. The Kier molecular flexibility index (Phi) is 13.7. The first-order chi connectivity index (χ1) is 14.8. The molecule has 0 atom stereocenters. The van der Waals surface area contributed by atoms with Gasteiger partial charge in [0.1, 0.15) is 5.75 Å². The van der Waals surface area contributed by atoms with Gasteiger partial charge in [-0.3, -0.25) is 0 Å². The molecule has 1 saturated carbocycles. The van der Waals surface area contributed by atoms with Gasteiger partial charge in [-0.25, -0.2) is 0 Å². The fourth-order valence-corrected chi connectivity index (χ4v) is 3.54. The van der Waals surface area contributed by atoms with E-state index < -0.39 is 12.1 Å². The molecule has 0 aliphatic heterocycles. The summed E-state index contributed by atoms with van der Waals surface area (Å²) in [6.45, 7) is 13.0. The maximum absolute atomic E-state index is 12.8. The van der Waals surface area contributed by atoms with Crippen molar-refractivity contribution in [1.82, 2.24) is 4.90 Å². The summed E-state index contributed by atoms with van der Waals surface area (Å²) in [6, 6.07) is 9.75. The van der Waals surface area contributed by atoms with E-state index >= 15 is 0 Å². The molecule has 1 aliphatic carbocycles. The first-order valence-electron chi connectivity index (χ1n) is 11.4. The zero-order valence-electron chi connectivity index (χ0n) is 20.1. The molecule has 31 heavy (non-hydrogen) atoms. The van der Waals surface area contributed by atoms with Crippen LogP contribution in [0.1, 0.15) is 72.8 Å². The van der Waals surface area contributed by atoms with Gasteiger partial charge in [-0.2, -0.15) is 18.4 Å². The number of nitriles is 1. The van der Waals surface area contributed by atoms with Gasteiger partial charge in [-0.1, -0.05) is 39.8 Å². The molecule has 0 saturated heterocycles. The van der Waals surface area contributed by atoms with Crippen molar-refractivity contribution >= 4 is 5.70 Å². The molecule has 6 heteroatoms.